The lowest BCUT2D eigenvalue weighted by Crippen LogP contribution is -2.42. The van der Waals surface area contributed by atoms with E-state index in [1.807, 2.05) is 35.7 Å². The number of rotatable bonds is 8. The average Bonchev–Trinajstić information content (AvgIpc) is 3.36. The van der Waals surface area contributed by atoms with Crippen LogP contribution in [0.25, 0.3) is 11.5 Å². The second kappa shape index (κ2) is 9.71. The minimum Gasteiger partial charge on any atom is -0.458 e. The van der Waals surface area contributed by atoms with Crippen LogP contribution in [0.15, 0.2) is 57.3 Å². The zero-order valence-electron chi connectivity index (χ0n) is 15.8. The van der Waals surface area contributed by atoms with Crippen LogP contribution >= 0.6 is 11.3 Å². The highest BCUT2D eigenvalue weighted by atomic mass is 32.1. The molecule has 0 aliphatic carbocycles. The van der Waals surface area contributed by atoms with Crippen LogP contribution in [0.5, 0.6) is 0 Å². The lowest BCUT2D eigenvalue weighted by Gasteiger charge is -2.17. The summed E-state index contributed by atoms with van der Waals surface area (Å²) < 4.78 is 11.1. The van der Waals surface area contributed by atoms with Gasteiger partial charge in [-0.3, -0.25) is 0 Å². The van der Waals surface area contributed by atoms with E-state index in [1.54, 1.807) is 19.2 Å². The molecule has 9 nitrogen and oxygen atoms in total. The molecule has 3 rings (SSSR count). The quantitative estimate of drug-likeness (QED) is 0.253. The van der Waals surface area contributed by atoms with Gasteiger partial charge in [-0.1, -0.05) is 30.3 Å². The molecule has 6 N–H and O–H groups in total. The summed E-state index contributed by atoms with van der Waals surface area (Å²) in [4.78, 5) is 19.5. The number of hydrogen-bond acceptors (Lipinski definition) is 6. The highest BCUT2D eigenvalue weighted by Gasteiger charge is 2.12. The fourth-order valence-corrected chi connectivity index (χ4v) is 3.22. The molecule has 10 heteroatoms. The third-order valence-electron chi connectivity index (χ3n) is 3.92. The number of nitrogens with zero attached hydrogens (tertiary/aromatic N) is 2. The lowest BCUT2D eigenvalue weighted by atomic mass is 10.1. The SMILES string of the molecule is COC(Cc1ccccc1)NC(N)=Nc1nc(-c2ccc(CNC(N)=O)o2)cs1. The minimum atomic E-state index is -0.613. The number of nitrogens with two attached hydrogens (primary N) is 2. The first-order valence-electron chi connectivity index (χ1n) is 8.79. The highest BCUT2D eigenvalue weighted by Crippen LogP contribution is 2.28. The van der Waals surface area contributed by atoms with Crippen molar-refractivity contribution in [1.82, 2.24) is 15.6 Å². The number of carbonyl (C=O) groups is 1. The minimum absolute atomic E-state index is 0.208. The van der Waals surface area contributed by atoms with Gasteiger partial charge in [-0.15, -0.1) is 11.3 Å². The molecule has 2 aromatic heterocycles. The molecule has 0 aliphatic rings. The van der Waals surface area contributed by atoms with E-state index >= 15 is 0 Å². The van der Waals surface area contributed by atoms with Crippen molar-refractivity contribution in [2.24, 2.45) is 16.5 Å². The average molecular weight is 414 g/mol. The van der Waals surface area contributed by atoms with Crippen molar-refractivity contribution in [2.75, 3.05) is 7.11 Å². The Morgan fingerprint density at radius 2 is 2.07 bits per heavy atom. The Balaban J connectivity index is 1.62. The first-order chi connectivity index (χ1) is 14.0. The number of urea groups is 1. The Morgan fingerprint density at radius 1 is 1.28 bits per heavy atom. The molecule has 29 heavy (non-hydrogen) atoms. The highest BCUT2D eigenvalue weighted by molar-refractivity contribution is 7.13. The van der Waals surface area contributed by atoms with Gasteiger partial charge in [0, 0.05) is 18.9 Å². The molecule has 0 spiro atoms. The Morgan fingerprint density at radius 3 is 2.79 bits per heavy atom. The molecule has 1 aromatic carbocycles. The molecule has 2 heterocycles. The van der Waals surface area contributed by atoms with Crippen LogP contribution in [-0.4, -0.2) is 30.3 Å². The Hall–Kier alpha value is -3.37. The maximum Gasteiger partial charge on any atom is 0.312 e. The molecule has 3 aromatic rings. The Bertz CT molecular complexity index is 969. The number of aliphatic imine (C=N–C) groups is 1. The summed E-state index contributed by atoms with van der Waals surface area (Å²) in [5, 5.41) is 7.80. The van der Waals surface area contributed by atoms with Gasteiger partial charge in [-0.2, -0.15) is 4.99 Å². The van der Waals surface area contributed by atoms with E-state index in [0.29, 0.717) is 28.8 Å². The van der Waals surface area contributed by atoms with Crippen LogP contribution in [0.4, 0.5) is 9.93 Å². The molecule has 0 saturated carbocycles. The molecular weight excluding hydrogens is 392 g/mol. The maximum absolute atomic E-state index is 10.8. The van der Waals surface area contributed by atoms with Gasteiger partial charge in [-0.25, -0.2) is 9.78 Å². The predicted octanol–water partition coefficient (Wildman–Crippen LogP) is 2.32. The van der Waals surface area contributed by atoms with Crippen molar-refractivity contribution >= 4 is 28.5 Å². The first kappa shape index (κ1) is 20.4. The van der Waals surface area contributed by atoms with Gasteiger partial charge in [0.05, 0.1) is 6.54 Å². The maximum atomic E-state index is 10.8. The second-order valence-corrected chi connectivity index (χ2v) is 6.89. The molecule has 0 radical (unpaired) electrons. The third-order valence-corrected chi connectivity index (χ3v) is 4.65. The van der Waals surface area contributed by atoms with Crippen LogP contribution in [0, 0.1) is 0 Å². The van der Waals surface area contributed by atoms with E-state index in [-0.39, 0.29) is 18.7 Å². The first-order valence-corrected chi connectivity index (χ1v) is 9.67. The summed E-state index contributed by atoms with van der Waals surface area (Å²) in [6, 6.07) is 12.8. The third kappa shape index (κ3) is 6.06. The molecular formula is C19H22N6O3S. The molecule has 0 bridgehead atoms. The molecule has 1 unspecified atom stereocenters. The van der Waals surface area contributed by atoms with Gasteiger partial charge in [-0.05, 0) is 17.7 Å². The number of methoxy groups -OCH3 is 1. The second-order valence-electron chi connectivity index (χ2n) is 6.05. The summed E-state index contributed by atoms with van der Waals surface area (Å²) >= 11 is 1.33. The number of hydrogen-bond donors (Lipinski definition) is 4. The van der Waals surface area contributed by atoms with Crippen LogP contribution < -0.4 is 22.1 Å². The van der Waals surface area contributed by atoms with E-state index in [4.69, 9.17) is 20.6 Å². The number of aromatic nitrogens is 1. The Kier molecular flexibility index (Phi) is 6.82. The van der Waals surface area contributed by atoms with E-state index < -0.39 is 6.03 Å². The van der Waals surface area contributed by atoms with E-state index in [2.05, 4.69) is 20.6 Å². The summed E-state index contributed by atoms with van der Waals surface area (Å²) in [5.41, 5.74) is 12.8. The lowest BCUT2D eigenvalue weighted by molar-refractivity contribution is 0.0909. The summed E-state index contributed by atoms with van der Waals surface area (Å²) in [6.07, 6.45) is 0.330. The normalized spacial score (nSPS) is 12.5. The van der Waals surface area contributed by atoms with Gasteiger partial charge in [0.25, 0.3) is 0 Å². The molecule has 0 aliphatic heterocycles. The summed E-state index contributed by atoms with van der Waals surface area (Å²) in [5.74, 6) is 1.34. The number of primary amides is 1. The molecule has 1 atom stereocenters. The van der Waals surface area contributed by atoms with E-state index in [1.165, 1.54) is 11.3 Å². The van der Waals surface area contributed by atoms with Gasteiger partial charge >= 0.3 is 6.03 Å². The number of furan rings is 1. The largest absolute Gasteiger partial charge is 0.458 e. The van der Waals surface area contributed by atoms with Crippen molar-refractivity contribution in [3.8, 4) is 11.5 Å². The van der Waals surface area contributed by atoms with E-state index in [0.717, 1.165) is 5.56 Å². The monoisotopic (exact) mass is 414 g/mol. The van der Waals surface area contributed by atoms with Gasteiger partial charge < -0.3 is 31.3 Å². The van der Waals surface area contributed by atoms with Crippen molar-refractivity contribution in [1.29, 1.82) is 0 Å². The zero-order chi connectivity index (χ0) is 20.6. The summed E-state index contributed by atoms with van der Waals surface area (Å²) in [6.45, 7) is 0.209. The van der Waals surface area contributed by atoms with Gasteiger partial charge in [0.15, 0.2) is 11.7 Å². The zero-order valence-corrected chi connectivity index (χ0v) is 16.6. The van der Waals surface area contributed by atoms with Crippen LogP contribution in [0.2, 0.25) is 0 Å². The fourth-order valence-electron chi connectivity index (χ4n) is 2.54. The standard InChI is InChI=1S/C19H22N6O3S/c1-27-16(9-12-5-3-2-4-6-12)24-17(20)25-19-23-14(11-29-19)15-8-7-13(28-15)10-22-18(21)26/h2-8,11,16H,9-10H2,1H3,(H3,21,22,26)(H3,20,23,24,25). The van der Waals surface area contributed by atoms with Crippen molar-refractivity contribution in [3.63, 3.8) is 0 Å². The van der Waals surface area contributed by atoms with Crippen LogP contribution in [0.1, 0.15) is 11.3 Å². The number of thiazole rings is 1. The topological polar surface area (TPSA) is 141 Å². The summed E-state index contributed by atoms with van der Waals surface area (Å²) in [7, 11) is 1.61. The fraction of sp³-hybridized carbons (Fsp3) is 0.211. The number of benzene rings is 1. The number of carbonyl (C=O) groups excluding carboxylic acids is 1. The Labute approximate surface area is 171 Å². The molecule has 0 saturated heterocycles. The molecule has 0 fully saturated rings. The van der Waals surface area contributed by atoms with Crippen molar-refractivity contribution < 1.29 is 13.9 Å². The number of amides is 2. The van der Waals surface area contributed by atoms with Crippen LogP contribution in [0.3, 0.4) is 0 Å². The van der Waals surface area contributed by atoms with Crippen molar-refractivity contribution in [2.45, 2.75) is 19.2 Å². The number of nitrogens with one attached hydrogen (secondary N) is 2. The van der Waals surface area contributed by atoms with Crippen molar-refractivity contribution in [3.05, 3.63) is 59.2 Å². The predicted molar refractivity (Wildman–Crippen MR) is 112 cm³/mol. The van der Waals surface area contributed by atoms with E-state index in [9.17, 15) is 4.79 Å². The van der Waals surface area contributed by atoms with Gasteiger partial charge in [0.1, 0.15) is 17.7 Å². The van der Waals surface area contributed by atoms with Crippen LogP contribution in [-0.2, 0) is 17.7 Å². The number of ether oxygens (including phenoxy) is 1. The van der Waals surface area contributed by atoms with Gasteiger partial charge in [0.2, 0.25) is 5.13 Å². The molecule has 152 valence electrons. The number of guanidine groups is 1. The molecule has 2 amide bonds. The smallest absolute Gasteiger partial charge is 0.312 e.